The van der Waals surface area contributed by atoms with Crippen LogP contribution in [0, 0.1) is 32.1 Å². The van der Waals surface area contributed by atoms with Gasteiger partial charge in [0.25, 0.3) is 11.5 Å². The topological polar surface area (TPSA) is 117 Å². The van der Waals surface area contributed by atoms with Crippen LogP contribution in [0.15, 0.2) is 59.3 Å². The zero-order valence-corrected chi connectivity index (χ0v) is 31.2. The third-order valence-electron chi connectivity index (χ3n) is 10.6. The summed E-state index contributed by atoms with van der Waals surface area (Å²) in [5, 5.41) is 9.85. The second kappa shape index (κ2) is 15.5. The summed E-state index contributed by atoms with van der Waals surface area (Å²) in [5.74, 6) is 1.24. The van der Waals surface area contributed by atoms with E-state index in [4.69, 9.17) is 9.47 Å². The summed E-state index contributed by atoms with van der Waals surface area (Å²) in [6.07, 6.45) is 7.33. The summed E-state index contributed by atoms with van der Waals surface area (Å²) in [6, 6.07) is 12.4. The monoisotopic (exact) mass is 701 g/mol. The molecule has 1 atom stereocenters. The number of nitrogens with zero attached hydrogens (tertiary/aromatic N) is 7. The van der Waals surface area contributed by atoms with Crippen molar-refractivity contribution in [1.82, 2.24) is 29.2 Å². The summed E-state index contributed by atoms with van der Waals surface area (Å²) in [7, 11) is 5.16. The highest BCUT2D eigenvalue weighted by atomic mass is 16.5. The van der Waals surface area contributed by atoms with E-state index in [2.05, 4.69) is 44.0 Å². The molecule has 2 aliphatic rings. The lowest BCUT2D eigenvalue weighted by molar-refractivity contribution is -0.129. The number of aryl methyl sites for hydroxylation is 2. The first kappa shape index (κ1) is 36.5. The van der Waals surface area contributed by atoms with Gasteiger partial charge in [0.2, 0.25) is 0 Å². The van der Waals surface area contributed by atoms with Gasteiger partial charge in [-0.2, -0.15) is 5.26 Å². The molecule has 0 saturated carbocycles. The first-order chi connectivity index (χ1) is 25.0. The average Bonchev–Trinajstić information content (AvgIpc) is 3.16. The van der Waals surface area contributed by atoms with E-state index < -0.39 is 0 Å². The number of benzene rings is 2. The molecule has 1 saturated heterocycles. The van der Waals surface area contributed by atoms with Crippen molar-refractivity contribution in [3.8, 4) is 28.7 Å². The lowest BCUT2D eigenvalue weighted by Gasteiger charge is -2.38. The Balaban J connectivity index is 1.12. The fraction of sp³-hybridized carbons (Fsp3) is 0.390. The van der Waals surface area contributed by atoms with Gasteiger partial charge in [-0.1, -0.05) is 18.2 Å². The first-order valence-electron chi connectivity index (χ1n) is 17.7. The SMILES string of the molecule is COc1cc(-c2cn(C)c(=O)c(C)c2C)cc(OC)c1CN1CCN(Cc2cccc3c2CCN(C(=O)/C(C#N)=C/c2cnc(C)cn2)C3C)CC1. The lowest BCUT2D eigenvalue weighted by Crippen LogP contribution is -2.45. The molecule has 1 fully saturated rings. The van der Waals surface area contributed by atoms with Crippen LogP contribution in [-0.4, -0.2) is 82.1 Å². The molecule has 270 valence electrons. The van der Waals surface area contributed by atoms with Crippen LogP contribution in [0.3, 0.4) is 0 Å². The molecule has 0 spiro atoms. The molecule has 52 heavy (non-hydrogen) atoms. The third kappa shape index (κ3) is 7.36. The van der Waals surface area contributed by atoms with E-state index in [-0.39, 0.29) is 23.1 Å². The quantitative estimate of drug-likeness (QED) is 0.173. The highest BCUT2D eigenvalue weighted by Crippen LogP contribution is 2.38. The second-order valence-electron chi connectivity index (χ2n) is 13.8. The van der Waals surface area contributed by atoms with Crippen LogP contribution in [0.2, 0.25) is 0 Å². The normalized spacial score (nSPS) is 16.7. The van der Waals surface area contributed by atoms with E-state index in [1.54, 1.807) is 43.1 Å². The highest BCUT2D eigenvalue weighted by molar-refractivity contribution is 6.01. The van der Waals surface area contributed by atoms with E-state index >= 15 is 0 Å². The Kier molecular flexibility index (Phi) is 10.9. The van der Waals surface area contributed by atoms with E-state index in [1.807, 2.05) is 46.0 Å². The summed E-state index contributed by atoms with van der Waals surface area (Å²) in [5.41, 5.74) is 9.66. The van der Waals surface area contributed by atoms with Crippen molar-refractivity contribution in [2.45, 2.75) is 53.2 Å². The number of piperazine rings is 1. The van der Waals surface area contributed by atoms with Crippen molar-refractivity contribution in [3.63, 3.8) is 0 Å². The van der Waals surface area contributed by atoms with E-state index in [1.165, 1.54) is 17.2 Å². The van der Waals surface area contributed by atoms with Crippen LogP contribution in [0.25, 0.3) is 17.2 Å². The number of ether oxygens (including phenoxy) is 2. The second-order valence-corrected chi connectivity index (χ2v) is 13.8. The van der Waals surface area contributed by atoms with Crippen molar-refractivity contribution in [2.24, 2.45) is 7.05 Å². The minimum Gasteiger partial charge on any atom is -0.496 e. The molecule has 2 aromatic heterocycles. The molecule has 4 aromatic rings. The summed E-state index contributed by atoms with van der Waals surface area (Å²) in [6.45, 7) is 13.4. The minimum atomic E-state index is -0.287. The molecule has 2 aliphatic heterocycles. The molecule has 11 heteroatoms. The Morgan fingerprint density at radius 2 is 1.63 bits per heavy atom. The largest absolute Gasteiger partial charge is 0.496 e. The summed E-state index contributed by atoms with van der Waals surface area (Å²) < 4.78 is 13.5. The van der Waals surface area contributed by atoms with Crippen molar-refractivity contribution in [2.75, 3.05) is 46.9 Å². The molecule has 11 nitrogen and oxygen atoms in total. The van der Waals surface area contributed by atoms with Gasteiger partial charge >= 0.3 is 0 Å². The third-order valence-corrected chi connectivity index (χ3v) is 10.6. The number of hydrogen-bond acceptors (Lipinski definition) is 9. The molecular formula is C41H47N7O4. The minimum absolute atomic E-state index is 0.00476. The van der Waals surface area contributed by atoms with Gasteiger partial charge in [-0.05, 0) is 80.1 Å². The Morgan fingerprint density at radius 1 is 0.962 bits per heavy atom. The van der Waals surface area contributed by atoms with Crippen LogP contribution in [0.5, 0.6) is 11.5 Å². The van der Waals surface area contributed by atoms with E-state index in [0.717, 1.165) is 89.7 Å². The maximum Gasteiger partial charge on any atom is 0.265 e. The van der Waals surface area contributed by atoms with E-state index in [9.17, 15) is 14.9 Å². The summed E-state index contributed by atoms with van der Waals surface area (Å²) >= 11 is 0. The predicted molar refractivity (Wildman–Crippen MR) is 201 cm³/mol. The number of fused-ring (bicyclic) bond motifs is 1. The van der Waals surface area contributed by atoms with Crippen LogP contribution < -0.4 is 15.0 Å². The molecule has 1 amide bonds. The van der Waals surface area contributed by atoms with Gasteiger partial charge in [-0.25, -0.2) is 0 Å². The van der Waals surface area contributed by atoms with Gasteiger partial charge in [-0.15, -0.1) is 0 Å². The van der Waals surface area contributed by atoms with Crippen LogP contribution in [0.4, 0.5) is 0 Å². The average molecular weight is 702 g/mol. The Hall–Kier alpha value is -5.31. The molecule has 6 rings (SSSR count). The first-order valence-corrected chi connectivity index (χ1v) is 17.7. The molecule has 0 bridgehead atoms. The number of methoxy groups -OCH3 is 2. The summed E-state index contributed by atoms with van der Waals surface area (Å²) in [4.78, 5) is 41.3. The maximum absolute atomic E-state index is 13.5. The van der Waals surface area contributed by atoms with Gasteiger partial charge < -0.3 is 18.9 Å². The number of aromatic nitrogens is 3. The van der Waals surface area contributed by atoms with Gasteiger partial charge in [0.1, 0.15) is 23.1 Å². The number of carbonyl (C=O) groups excluding carboxylic acids is 1. The van der Waals surface area contributed by atoms with Crippen molar-refractivity contribution in [3.05, 3.63) is 110 Å². The fourth-order valence-electron chi connectivity index (χ4n) is 7.42. The van der Waals surface area contributed by atoms with E-state index in [0.29, 0.717) is 18.8 Å². The zero-order chi connectivity index (χ0) is 37.1. The standard InChI is InChI=1S/C41H47N7O4/c1-26-21-44-33(22-43-26)17-32(20-42)41(50)48-12-11-35-30(9-8-10-34(35)29(48)4)23-46-13-15-47(16-14-46)25-37-38(51-6)18-31(19-39(37)52-7)36-24-45(5)40(49)28(3)27(36)2/h8-10,17-19,21-22,24,29H,11-16,23,25H2,1-7H3/b32-17+. The van der Waals surface area contributed by atoms with Crippen LogP contribution >= 0.6 is 0 Å². The lowest BCUT2D eigenvalue weighted by atomic mass is 9.89. The Labute approximate surface area is 305 Å². The van der Waals surface area contributed by atoms with Gasteiger partial charge in [0.15, 0.2) is 0 Å². The molecule has 2 aromatic carbocycles. The van der Waals surface area contributed by atoms with Crippen molar-refractivity contribution < 1.29 is 14.3 Å². The smallest absolute Gasteiger partial charge is 0.265 e. The maximum atomic E-state index is 13.5. The van der Waals surface area contributed by atoms with Gasteiger partial charge in [-0.3, -0.25) is 29.4 Å². The van der Waals surface area contributed by atoms with Crippen molar-refractivity contribution >= 4 is 12.0 Å². The number of pyridine rings is 1. The Bertz CT molecular complexity index is 2080. The number of carbonyl (C=O) groups is 1. The molecule has 0 aliphatic carbocycles. The van der Waals surface area contributed by atoms with Gasteiger partial charge in [0, 0.05) is 76.4 Å². The van der Waals surface area contributed by atoms with Crippen LogP contribution in [-0.2, 0) is 31.4 Å². The molecule has 0 radical (unpaired) electrons. The fourth-order valence-corrected chi connectivity index (χ4v) is 7.42. The molecule has 4 heterocycles. The number of rotatable bonds is 9. The van der Waals surface area contributed by atoms with Gasteiger partial charge in [0.05, 0.1) is 43.4 Å². The zero-order valence-electron chi connectivity index (χ0n) is 31.2. The Morgan fingerprint density at radius 3 is 2.25 bits per heavy atom. The number of amides is 1. The number of nitriles is 1. The molecule has 0 N–H and O–H groups in total. The molecule has 1 unspecified atom stereocenters. The van der Waals surface area contributed by atoms with Crippen LogP contribution in [0.1, 0.15) is 57.7 Å². The molecular weight excluding hydrogens is 654 g/mol. The predicted octanol–water partition coefficient (Wildman–Crippen LogP) is 5.16. The highest BCUT2D eigenvalue weighted by Gasteiger charge is 2.31. The van der Waals surface area contributed by atoms with Crippen molar-refractivity contribution in [1.29, 1.82) is 5.26 Å². The number of hydrogen-bond donors (Lipinski definition) is 0.